The lowest BCUT2D eigenvalue weighted by Crippen LogP contribution is -2.24. The van der Waals surface area contributed by atoms with Crippen molar-refractivity contribution in [1.29, 1.82) is 0 Å². The van der Waals surface area contributed by atoms with Crippen molar-refractivity contribution in [1.82, 2.24) is 4.31 Å². The van der Waals surface area contributed by atoms with E-state index in [1.54, 1.807) is 16.4 Å². The molecule has 1 aliphatic carbocycles. The Morgan fingerprint density at radius 1 is 1.26 bits per heavy atom. The Morgan fingerprint density at radius 3 is 2.58 bits per heavy atom. The molecule has 1 unspecified atom stereocenters. The van der Waals surface area contributed by atoms with Crippen LogP contribution in [0.1, 0.15) is 25.3 Å². The number of hydrogen-bond acceptors (Lipinski definition) is 3. The molecule has 5 atom stereocenters. The van der Waals surface area contributed by atoms with E-state index in [0.717, 1.165) is 18.4 Å². The maximum Gasteiger partial charge on any atom is 0.243 e. The van der Waals surface area contributed by atoms with Gasteiger partial charge in [-0.25, -0.2) is 8.42 Å². The maximum atomic E-state index is 12.7. The molecule has 2 aliphatic heterocycles. The Balaban J connectivity index is 1.68. The minimum atomic E-state index is -3.35. The number of ether oxygens (including phenoxy) is 1. The van der Waals surface area contributed by atoms with Crippen molar-refractivity contribution in [3.05, 3.63) is 29.8 Å². The molecule has 2 heterocycles. The largest absolute Gasteiger partial charge is 0.369 e. The zero-order valence-electron chi connectivity index (χ0n) is 11.0. The van der Waals surface area contributed by atoms with Crippen LogP contribution in [0.25, 0.3) is 0 Å². The van der Waals surface area contributed by atoms with E-state index in [9.17, 15) is 8.42 Å². The second-order valence-electron chi connectivity index (χ2n) is 6.14. The van der Waals surface area contributed by atoms with Gasteiger partial charge in [-0.15, -0.1) is 0 Å². The first kappa shape index (κ1) is 11.9. The predicted molar refractivity (Wildman–Crippen MR) is 70.3 cm³/mol. The minimum absolute atomic E-state index is 0.127. The molecule has 3 aliphatic rings. The average molecular weight is 279 g/mol. The normalized spacial score (nSPS) is 43.3. The lowest BCUT2D eigenvalue weighted by atomic mass is 9.91. The molecule has 0 aromatic heterocycles. The van der Waals surface area contributed by atoms with Gasteiger partial charge in [0.25, 0.3) is 0 Å². The molecule has 2 saturated heterocycles. The van der Waals surface area contributed by atoms with Crippen molar-refractivity contribution in [2.24, 2.45) is 0 Å². The van der Waals surface area contributed by atoms with E-state index in [1.807, 2.05) is 26.0 Å². The van der Waals surface area contributed by atoms with Crippen LogP contribution in [-0.2, 0) is 14.8 Å². The molecule has 102 valence electrons. The minimum Gasteiger partial charge on any atom is -0.369 e. The third-order valence-electron chi connectivity index (χ3n) is 4.77. The molecular weight excluding hydrogens is 262 g/mol. The topological polar surface area (TPSA) is 49.7 Å². The average Bonchev–Trinajstić information content (AvgIpc) is 3.19. The van der Waals surface area contributed by atoms with Gasteiger partial charge in [0.15, 0.2) is 0 Å². The summed E-state index contributed by atoms with van der Waals surface area (Å²) in [6.07, 6.45) is 2.29. The number of sulfonamides is 1. The predicted octanol–water partition coefficient (Wildman–Crippen LogP) is 1.69. The molecule has 1 aromatic carbocycles. The summed E-state index contributed by atoms with van der Waals surface area (Å²) in [5.74, 6) is 0. The first-order valence-electron chi connectivity index (χ1n) is 6.69. The van der Waals surface area contributed by atoms with E-state index >= 15 is 0 Å². The van der Waals surface area contributed by atoms with Crippen molar-refractivity contribution in [2.45, 2.75) is 55.4 Å². The molecule has 0 amide bonds. The lowest BCUT2D eigenvalue weighted by Gasteiger charge is -2.12. The summed E-state index contributed by atoms with van der Waals surface area (Å²) in [7, 11) is -3.35. The fraction of sp³-hybridized carbons (Fsp3) is 0.571. The maximum absolute atomic E-state index is 12.7. The van der Waals surface area contributed by atoms with Crippen molar-refractivity contribution in [2.75, 3.05) is 0 Å². The summed E-state index contributed by atoms with van der Waals surface area (Å²) in [6.45, 7) is 4.00. The van der Waals surface area contributed by atoms with Crippen LogP contribution in [0.4, 0.5) is 0 Å². The van der Waals surface area contributed by atoms with Gasteiger partial charge in [-0.3, -0.25) is 0 Å². The van der Waals surface area contributed by atoms with Gasteiger partial charge in [0.1, 0.15) is 0 Å². The van der Waals surface area contributed by atoms with Crippen LogP contribution < -0.4 is 0 Å². The summed E-state index contributed by atoms with van der Waals surface area (Å²) in [5, 5.41) is 0. The van der Waals surface area contributed by atoms with Crippen LogP contribution in [0.2, 0.25) is 0 Å². The highest BCUT2D eigenvalue weighted by Gasteiger charge is 2.72. The van der Waals surface area contributed by atoms with Gasteiger partial charge >= 0.3 is 0 Å². The Labute approximate surface area is 113 Å². The number of benzene rings is 1. The Morgan fingerprint density at radius 2 is 1.95 bits per heavy atom. The fourth-order valence-electron chi connectivity index (χ4n) is 3.50. The van der Waals surface area contributed by atoms with Crippen LogP contribution >= 0.6 is 0 Å². The summed E-state index contributed by atoms with van der Waals surface area (Å²) in [6, 6.07) is 7.24. The van der Waals surface area contributed by atoms with E-state index in [0.29, 0.717) is 17.1 Å². The lowest BCUT2D eigenvalue weighted by molar-refractivity contribution is 0.346. The van der Waals surface area contributed by atoms with E-state index in [-0.39, 0.29) is 11.6 Å². The Kier molecular flexibility index (Phi) is 2.12. The van der Waals surface area contributed by atoms with Crippen LogP contribution in [0.5, 0.6) is 0 Å². The molecule has 19 heavy (non-hydrogen) atoms. The van der Waals surface area contributed by atoms with Crippen LogP contribution in [0, 0.1) is 6.92 Å². The number of nitrogens with zero attached hydrogens (tertiary/aromatic N) is 1. The summed E-state index contributed by atoms with van der Waals surface area (Å²) < 4.78 is 32.6. The molecule has 3 fully saturated rings. The monoisotopic (exact) mass is 279 g/mol. The van der Waals surface area contributed by atoms with Gasteiger partial charge in [0.2, 0.25) is 10.0 Å². The van der Waals surface area contributed by atoms with Crippen LogP contribution in [0.15, 0.2) is 29.2 Å². The van der Waals surface area contributed by atoms with Gasteiger partial charge in [0, 0.05) is 6.04 Å². The van der Waals surface area contributed by atoms with Gasteiger partial charge in [-0.05, 0) is 38.8 Å². The molecule has 1 aromatic rings. The molecule has 0 N–H and O–H groups in total. The highest BCUT2D eigenvalue weighted by molar-refractivity contribution is 7.89. The van der Waals surface area contributed by atoms with E-state index in [4.69, 9.17) is 4.74 Å². The molecule has 1 saturated carbocycles. The van der Waals surface area contributed by atoms with Gasteiger partial charge in [-0.1, -0.05) is 17.7 Å². The molecular formula is C14H17NO3S. The zero-order valence-corrected chi connectivity index (χ0v) is 11.9. The van der Waals surface area contributed by atoms with Gasteiger partial charge in [-0.2, -0.15) is 4.31 Å². The third-order valence-corrected chi connectivity index (χ3v) is 6.83. The van der Waals surface area contributed by atoms with E-state index in [1.165, 1.54) is 0 Å². The van der Waals surface area contributed by atoms with Crippen molar-refractivity contribution in [3.8, 4) is 0 Å². The molecule has 5 heteroatoms. The van der Waals surface area contributed by atoms with E-state index in [2.05, 4.69) is 0 Å². The zero-order chi connectivity index (χ0) is 13.4. The number of rotatable bonds is 2. The van der Waals surface area contributed by atoms with E-state index < -0.39 is 10.0 Å². The van der Waals surface area contributed by atoms with Crippen molar-refractivity contribution >= 4 is 10.0 Å². The highest BCUT2D eigenvalue weighted by Crippen LogP contribution is 2.58. The fourth-order valence-corrected chi connectivity index (χ4v) is 5.56. The number of aryl methyl sites for hydroxylation is 1. The Hall–Kier alpha value is -0.910. The van der Waals surface area contributed by atoms with Gasteiger partial charge < -0.3 is 4.74 Å². The number of epoxide rings is 1. The highest BCUT2D eigenvalue weighted by atomic mass is 32.2. The second-order valence-corrected chi connectivity index (χ2v) is 7.95. The first-order valence-corrected chi connectivity index (χ1v) is 8.13. The van der Waals surface area contributed by atoms with Gasteiger partial charge in [0.05, 0.1) is 22.6 Å². The second kappa shape index (κ2) is 3.40. The summed E-state index contributed by atoms with van der Waals surface area (Å²) in [5.41, 5.74) is 0.851. The number of fused-ring (bicyclic) bond motifs is 2. The summed E-state index contributed by atoms with van der Waals surface area (Å²) in [4.78, 5) is 0.406. The molecule has 4 rings (SSSR count). The standard InChI is InChI=1S/C14H17NO3S/c1-9-3-5-10(6-4-9)19(16,17)15-13-7-11-12(18-11)8-14(13,15)2/h3-6,11-13H,7-8H2,1-2H3/t11-,12+,13+,14-,15?/m1/s1. The molecule has 0 spiro atoms. The molecule has 0 radical (unpaired) electrons. The van der Waals surface area contributed by atoms with Crippen molar-refractivity contribution in [3.63, 3.8) is 0 Å². The quantitative estimate of drug-likeness (QED) is 0.774. The smallest absolute Gasteiger partial charge is 0.243 e. The Bertz CT molecular complexity index is 639. The molecule has 4 nitrogen and oxygen atoms in total. The third kappa shape index (κ3) is 1.55. The van der Waals surface area contributed by atoms with Crippen LogP contribution in [0.3, 0.4) is 0 Å². The van der Waals surface area contributed by atoms with Crippen molar-refractivity contribution < 1.29 is 13.2 Å². The summed E-state index contributed by atoms with van der Waals surface area (Å²) >= 11 is 0. The first-order chi connectivity index (χ1) is 8.93. The van der Waals surface area contributed by atoms with Crippen LogP contribution in [-0.4, -0.2) is 36.5 Å². The molecule has 0 bridgehead atoms. The number of hydrogen-bond donors (Lipinski definition) is 0. The SMILES string of the molecule is Cc1ccc(S(=O)(=O)N2[C@H]3C[C@H]4O[C@H]4C[C@]32C)cc1.